The van der Waals surface area contributed by atoms with Gasteiger partial charge in [0.15, 0.2) is 5.01 Å². The molecule has 0 bridgehead atoms. The van der Waals surface area contributed by atoms with Crippen LogP contribution in [0.3, 0.4) is 0 Å². The van der Waals surface area contributed by atoms with Gasteiger partial charge in [-0.05, 0) is 78.7 Å². The van der Waals surface area contributed by atoms with Crippen molar-refractivity contribution in [3.63, 3.8) is 0 Å². The predicted octanol–water partition coefficient (Wildman–Crippen LogP) is 3.86. The van der Waals surface area contributed by atoms with Crippen molar-refractivity contribution in [1.82, 2.24) is 19.5 Å². The summed E-state index contributed by atoms with van der Waals surface area (Å²) in [4.78, 5) is 60.2. The number of ketones is 1. The zero-order valence-corrected chi connectivity index (χ0v) is 28.1. The van der Waals surface area contributed by atoms with Crippen LogP contribution >= 0.6 is 11.3 Å². The number of amides is 3. The lowest BCUT2D eigenvalue weighted by Gasteiger charge is -2.37. The Hall–Kier alpha value is -2.58. The first kappa shape index (κ1) is 35.9. The van der Waals surface area contributed by atoms with E-state index in [9.17, 15) is 27.6 Å². The van der Waals surface area contributed by atoms with Gasteiger partial charge in [0.05, 0.1) is 11.8 Å². The Morgan fingerprint density at radius 1 is 1.14 bits per heavy atom. The third-order valence-corrected chi connectivity index (χ3v) is 10.7. The Kier molecular flexibility index (Phi) is 13.2. The van der Waals surface area contributed by atoms with Crippen molar-refractivity contribution in [3.05, 3.63) is 16.6 Å². The van der Waals surface area contributed by atoms with E-state index in [2.05, 4.69) is 10.3 Å². The van der Waals surface area contributed by atoms with E-state index >= 15 is 0 Å². The van der Waals surface area contributed by atoms with E-state index in [0.717, 1.165) is 32.1 Å². The monoisotopic (exact) mass is 655 g/mol. The van der Waals surface area contributed by atoms with Gasteiger partial charge >= 0.3 is 6.09 Å². The number of hydrogen-bond donors (Lipinski definition) is 2. The summed E-state index contributed by atoms with van der Waals surface area (Å²) in [5.41, 5.74) is 4.66. The number of thiazole rings is 1. The van der Waals surface area contributed by atoms with Gasteiger partial charge in [-0.15, -0.1) is 11.3 Å². The minimum atomic E-state index is -4.21. The van der Waals surface area contributed by atoms with Crippen molar-refractivity contribution < 1.29 is 32.3 Å². The summed E-state index contributed by atoms with van der Waals surface area (Å²) >= 11 is 1.19. The molecule has 44 heavy (non-hydrogen) atoms. The number of unbranched alkanes of at least 4 members (excludes halogenated alkanes) is 1. The number of hydrogen-bond acceptors (Lipinski definition) is 10. The summed E-state index contributed by atoms with van der Waals surface area (Å²) in [5, 5.41) is 4.83. The molecule has 3 amide bonds. The molecular weight excluding hydrogens is 606 g/mol. The topological polar surface area (TPSA) is 169 Å². The minimum absolute atomic E-state index is 0.0485. The molecule has 3 N–H and O–H groups in total. The highest BCUT2D eigenvalue weighted by atomic mass is 32.2. The Labute approximate surface area is 265 Å². The van der Waals surface area contributed by atoms with Crippen molar-refractivity contribution in [1.29, 1.82) is 0 Å². The molecule has 12 nitrogen and oxygen atoms in total. The summed E-state index contributed by atoms with van der Waals surface area (Å²) in [5.74, 6) is -1.73. The third kappa shape index (κ3) is 9.71. The number of nitrogens with zero attached hydrogens (tertiary/aromatic N) is 3. The molecule has 1 saturated carbocycles. The number of carbonyl (C=O) groups excluding carboxylic acids is 4. The molecule has 2 aliphatic rings. The Balaban J connectivity index is 1.91. The van der Waals surface area contributed by atoms with E-state index in [1.165, 1.54) is 29.4 Å². The fourth-order valence-corrected chi connectivity index (χ4v) is 7.67. The van der Waals surface area contributed by atoms with Gasteiger partial charge in [-0.2, -0.15) is 4.31 Å². The van der Waals surface area contributed by atoms with E-state index < -0.39 is 57.4 Å². The number of likely N-dealkylation sites (tertiary alicyclic amines) is 1. The SMILES string of the molecule is CCS(=O)(=O)N(C(=O)OC(C)(C)C)[C@H](CC1CCCCC1)C(=O)N1CCC[C@H]1C(=O)N[C@@H](CCCCN)C(=O)c1nccs1. The quantitative estimate of drug-likeness (QED) is 0.223. The molecule has 3 rings (SSSR count). The summed E-state index contributed by atoms with van der Waals surface area (Å²) in [6, 6.07) is -3.10. The van der Waals surface area contributed by atoms with Crippen molar-refractivity contribution in [3.8, 4) is 0 Å². The maximum atomic E-state index is 14.4. The smallest absolute Gasteiger partial charge is 0.424 e. The van der Waals surface area contributed by atoms with Crippen LogP contribution in [0.25, 0.3) is 0 Å². The van der Waals surface area contributed by atoms with Crippen LogP contribution in [-0.4, -0.2) is 88.9 Å². The molecule has 248 valence electrons. The van der Waals surface area contributed by atoms with Crippen LogP contribution < -0.4 is 11.1 Å². The Bertz CT molecular complexity index is 1230. The zero-order valence-electron chi connectivity index (χ0n) is 26.5. The lowest BCUT2D eigenvalue weighted by atomic mass is 9.84. The van der Waals surface area contributed by atoms with Crippen LogP contribution in [0.5, 0.6) is 0 Å². The van der Waals surface area contributed by atoms with E-state index in [4.69, 9.17) is 10.5 Å². The van der Waals surface area contributed by atoms with Gasteiger partial charge < -0.3 is 20.7 Å². The molecule has 2 fully saturated rings. The molecule has 1 saturated heterocycles. The number of sulfonamides is 1. The second-order valence-electron chi connectivity index (χ2n) is 12.7. The molecule has 1 aromatic rings. The average molecular weight is 656 g/mol. The maximum absolute atomic E-state index is 14.4. The number of aromatic nitrogens is 1. The normalized spacial score (nSPS) is 19.3. The van der Waals surface area contributed by atoms with Crippen molar-refractivity contribution >= 4 is 45.1 Å². The molecule has 0 unspecified atom stereocenters. The fourth-order valence-electron chi connectivity index (χ4n) is 5.93. The summed E-state index contributed by atoms with van der Waals surface area (Å²) in [7, 11) is -4.21. The van der Waals surface area contributed by atoms with E-state index in [0.29, 0.717) is 43.0 Å². The molecule has 1 aliphatic heterocycles. The van der Waals surface area contributed by atoms with E-state index in [1.807, 2.05) is 0 Å². The minimum Gasteiger partial charge on any atom is -0.443 e. The molecule has 1 aliphatic carbocycles. The molecule has 3 atom stereocenters. The first-order valence-corrected chi connectivity index (χ1v) is 18.3. The maximum Gasteiger partial charge on any atom is 0.424 e. The van der Waals surface area contributed by atoms with Gasteiger partial charge in [-0.3, -0.25) is 14.4 Å². The standard InChI is InChI=1S/C30H49N5O7S2/c1-5-44(40,41)35(29(39)42-30(2,3)4)24(20-21-12-7-6-8-13-21)28(38)34-18-11-15-23(34)26(37)33-22(14-9-10-16-31)25(36)27-32-17-19-43-27/h17,19,21-24H,5-16,18,20,31H2,1-4H3,(H,33,37)/t22-,23-,24+/m0/s1. The number of nitrogens with one attached hydrogen (secondary N) is 1. The number of nitrogens with two attached hydrogens (primary N) is 1. The Morgan fingerprint density at radius 3 is 2.43 bits per heavy atom. The first-order valence-electron chi connectivity index (χ1n) is 15.8. The lowest BCUT2D eigenvalue weighted by molar-refractivity contribution is -0.142. The average Bonchev–Trinajstić information content (AvgIpc) is 3.68. The highest BCUT2D eigenvalue weighted by Crippen LogP contribution is 2.32. The highest BCUT2D eigenvalue weighted by Gasteiger charge is 2.46. The van der Waals surface area contributed by atoms with Gasteiger partial charge in [0, 0.05) is 18.1 Å². The molecule has 0 aromatic carbocycles. The summed E-state index contributed by atoms with van der Waals surface area (Å²) < 4.78 is 33.0. The van der Waals surface area contributed by atoms with Crippen LogP contribution in [0.2, 0.25) is 0 Å². The van der Waals surface area contributed by atoms with Gasteiger partial charge in [-0.25, -0.2) is 18.2 Å². The Morgan fingerprint density at radius 2 is 1.84 bits per heavy atom. The first-order chi connectivity index (χ1) is 20.8. The second-order valence-corrected chi connectivity index (χ2v) is 15.7. The van der Waals surface area contributed by atoms with Crippen molar-refractivity contribution in [2.75, 3.05) is 18.8 Å². The molecule has 0 radical (unpaired) electrons. The van der Waals surface area contributed by atoms with Crippen LogP contribution in [0, 0.1) is 5.92 Å². The van der Waals surface area contributed by atoms with Crippen LogP contribution in [0.1, 0.15) is 108 Å². The largest absolute Gasteiger partial charge is 0.443 e. The predicted molar refractivity (Wildman–Crippen MR) is 169 cm³/mol. The number of carbonyl (C=O) groups is 4. The van der Waals surface area contributed by atoms with Gasteiger partial charge in [0.2, 0.25) is 27.6 Å². The van der Waals surface area contributed by atoms with Crippen LogP contribution in [-0.2, 0) is 24.3 Å². The van der Waals surface area contributed by atoms with Gasteiger partial charge in [0.1, 0.15) is 17.7 Å². The third-order valence-electron chi connectivity index (χ3n) is 8.15. The molecule has 0 spiro atoms. The fraction of sp³-hybridized carbons (Fsp3) is 0.767. The summed E-state index contributed by atoms with van der Waals surface area (Å²) in [6.45, 7) is 7.01. The van der Waals surface area contributed by atoms with Crippen molar-refractivity contribution in [2.45, 2.75) is 122 Å². The van der Waals surface area contributed by atoms with Crippen LogP contribution in [0.4, 0.5) is 4.79 Å². The van der Waals surface area contributed by atoms with E-state index in [1.54, 1.807) is 26.2 Å². The van der Waals surface area contributed by atoms with E-state index in [-0.39, 0.29) is 29.7 Å². The molecule has 1 aromatic heterocycles. The van der Waals surface area contributed by atoms with Crippen molar-refractivity contribution in [2.24, 2.45) is 11.7 Å². The molecular formula is C30H49N5O7S2. The summed E-state index contributed by atoms with van der Waals surface area (Å²) in [6.07, 6.45) is 7.78. The van der Waals surface area contributed by atoms with Crippen LogP contribution in [0.15, 0.2) is 11.6 Å². The number of rotatable bonds is 14. The number of Topliss-reactive ketones (excluding diaryl/α,β-unsaturated/α-hetero) is 1. The second kappa shape index (κ2) is 16.1. The van der Waals surface area contributed by atoms with Gasteiger partial charge in [0.25, 0.3) is 0 Å². The lowest BCUT2D eigenvalue weighted by Crippen LogP contribution is -2.58. The molecule has 2 heterocycles. The zero-order chi connectivity index (χ0) is 32.5. The highest BCUT2D eigenvalue weighted by molar-refractivity contribution is 7.89. The number of ether oxygens (including phenoxy) is 1. The molecule has 14 heteroatoms. The van der Waals surface area contributed by atoms with Gasteiger partial charge in [-0.1, -0.05) is 32.1 Å².